The highest BCUT2D eigenvalue weighted by atomic mass is 32.2. The van der Waals surface area contributed by atoms with E-state index < -0.39 is 84.6 Å². The van der Waals surface area contributed by atoms with Crippen LogP contribution in [0.1, 0.15) is 91.2 Å². The van der Waals surface area contributed by atoms with Gasteiger partial charge in [0.05, 0.1) is 19.5 Å². The fraction of sp³-hybridized carbons (Fsp3) is 0.706. The molecule has 62 heavy (non-hydrogen) atoms. The molecule has 2 unspecified atom stereocenters. The summed E-state index contributed by atoms with van der Waals surface area (Å²) >= 11 is 1.09. The summed E-state index contributed by atoms with van der Waals surface area (Å²) in [5, 5.41) is 26.5. The van der Waals surface area contributed by atoms with Crippen LogP contribution < -0.4 is 16.4 Å². The number of aliphatic hydroxyl groups is 2. The largest absolute Gasteiger partial charge is 0.481 e. The maximum absolute atomic E-state index is 12.7. The Kier molecular flexibility index (Phi) is 21.2. The van der Waals surface area contributed by atoms with Crippen LogP contribution in [0, 0.1) is 5.41 Å². The second-order valence-corrected chi connectivity index (χ2v) is 20.5. The molecule has 0 saturated carbocycles. The molecule has 0 bridgehead atoms. The van der Waals surface area contributed by atoms with E-state index in [1.807, 2.05) is 0 Å². The van der Waals surface area contributed by atoms with Crippen LogP contribution in [-0.2, 0) is 50.7 Å². The molecule has 1 aliphatic heterocycles. The van der Waals surface area contributed by atoms with E-state index in [1.54, 1.807) is 0 Å². The average molecular weight is 962 g/mol. The predicted octanol–water partition coefficient (Wildman–Crippen LogP) is 2.75. The first-order valence-corrected chi connectivity index (χ1v) is 25.2. The summed E-state index contributed by atoms with van der Waals surface area (Å²) in [5.74, 6) is -1.10. The number of amides is 2. The summed E-state index contributed by atoms with van der Waals surface area (Å²) in [4.78, 5) is 88.2. The van der Waals surface area contributed by atoms with E-state index in [0.29, 0.717) is 5.75 Å². The van der Waals surface area contributed by atoms with Crippen molar-refractivity contribution in [2.45, 2.75) is 116 Å². The number of fused-ring (bicyclic) bond motifs is 1. The number of phosphoric ester groups is 3. The maximum atomic E-state index is 12.7. The molecule has 24 nitrogen and oxygen atoms in total. The predicted molar refractivity (Wildman–Crippen MR) is 223 cm³/mol. The number of thioether (sulfide) groups is 1. The SMILES string of the molecule is C=C(CCCCCCCCC)CC(=O)SCCNC(=O)CCNC(=O)[C@H](O)C(C)(C)COP(=O)(O)OP(=O)(O)OC[C@@H]1O[C@H](n2cnc3c(N)ncnc32)[C@H](O)[C@H]1OP(=O)(O)O. The Morgan fingerprint density at radius 2 is 1.65 bits per heavy atom. The standard InChI is InChI=1S/C34H58N7O17P3S/c1-5-6-7-8-9-10-11-12-22(2)17-25(43)62-16-15-36-24(42)13-14-37-32(46)29(45)34(3,4)19-55-61(52,53)58-60(50,51)54-18-23-28(57-59(47,48)49)27(44)33(56-23)41-21-40-26-30(35)38-20-39-31(26)41/h20-21,23,27-29,33,44-45H,2,5-19H2,1,3-4H3,(H,36,42)(H,37,46)(H,50,51)(H,52,53)(H2,35,38,39)(H2,47,48,49)/t23-,27+,28-,29-,33-/m0/s1. The summed E-state index contributed by atoms with van der Waals surface area (Å²) < 4.78 is 62.3. The number of unbranched alkanes of at least 4 members (excludes halogenated alkanes) is 6. The second-order valence-electron chi connectivity index (χ2n) is 15.1. The van der Waals surface area contributed by atoms with E-state index in [2.05, 4.69) is 47.9 Å². The summed E-state index contributed by atoms with van der Waals surface area (Å²) in [6.45, 7) is 6.68. The Labute approximate surface area is 362 Å². The lowest BCUT2D eigenvalue weighted by atomic mass is 9.87. The van der Waals surface area contributed by atoms with Gasteiger partial charge in [-0.1, -0.05) is 83.2 Å². The van der Waals surface area contributed by atoms with Crippen LogP contribution in [0.25, 0.3) is 11.2 Å². The van der Waals surface area contributed by atoms with E-state index in [-0.39, 0.29) is 48.0 Å². The van der Waals surface area contributed by atoms with Gasteiger partial charge in [0, 0.05) is 37.1 Å². The van der Waals surface area contributed by atoms with Gasteiger partial charge < -0.3 is 50.9 Å². The lowest BCUT2D eigenvalue weighted by molar-refractivity contribution is -0.137. The lowest BCUT2D eigenvalue weighted by Crippen LogP contribution is -2.46. The third kappa shape index (κ3) is 18.1. The number of carbonyl (C=O) groups excluding carboxylic acids is 3. The molecular weight excluding hydrogens is 903 g/mol. The minimum absolute atomic E-state index is 0.0311. The Morgan fingerprint density at radius 3 is 2.32 bits per heavy atom. The number of hydrogen-bond donors (Lipinski definition) is 9. The molecule has 7 atom stereocenters. The van der Waals surface area contributed by atoms with Crippen molar-refractivity contribution in [1.29, 1.82) is 0 Å². The normalized spacial score (nSPS) is 20.7. The molecular formula is C34H58N7O17P3S. The summed E-state index contributed by atoms with van der Waals surface area (Å²) in [6.07, 6.45) is 2.39. The van der Waals surface area contributed by atoms with Crippen molar-refractivity contribution in [2.75, 3.05) is 37.8 Å². The van der Waals surface area contributed by atoms with Crippen LogP contribution in [0.5, 0.6) is 0 Å². The van der Waals surface area contributed by atoms with Crippen LogP contribution in [0.4, 0.5) is 5.82 Å². The van der Waals surface area contributed by atoms with E-state index in [9.17, 15) is 57.9 Å². The number of anilines is 1. The third-order valence-corrected chi connectivity index (χ3v) is 13.3. The van der Waals surface area contributed by atoms with Crippen molar-refractivity contribution in [2.24, 2.45) is 5.41 Å². The number of hydrogen-bond acceptors (Lipinski definition) is 18. The number of nitrogen functional groups attached to an aromatic ring is 1. The quantitative estimate of drug-likeness (QED) is 0.0321. The van der Waals surface area contributed by atoms with Gasteiger partial charge in [-0.25, -0.2) is 28.6 Å². The van der Waals surface area contributed by atoms with E-state index in [4.69, 9.17) is 19.5 Å². The maximum Gasteiger partial charge on any atom is 0.481 e. The summed E-state index contributed by atoms with van der Waals surface area (Å²) in [5.41, 5.74) is 5.16. The molecule has 0 spiro atoms. The zero-order chi connectivity index (χ0) is 46.3. The molecule has 2 aromatic heterocycles. The highest BCUT2D eigenvalue weighted by molar-refractivity contribution is 8.13. The molecule has 1 aliphatic rings. The number of ether oxygens (including phenoxy) is 1. The van der Waals surface area contributed by atoms with E-state index in [0.717, 1.165) is 53.8 Å². The summed E-state index contributed by atoms with van der Waals surface area (Å²) in [6, 6.07) is 0. The number of phosphoric acid groups is 3. The van der Waals surface area contributed by atoms with Crippen molar-refractivity contribution in [3.05, 3.63) is 24.8 Å². The van der Waals surface area contributed by atoms with Gasteiger partial charge in [-0.2, -0.15) is 4.31 Å². The van der Waals surface area contributed by atoms with Gasteiger partial charge in [0.25, 0.3) is 0 Å². The Balaban J connectivity index is 1.39. The molecule has 0 aromatic carbocycles. The molecule has 1 fully saturated rings. The second kappa shape index (κ2) is 24.6. The Hall–Kier alpha value is -2.70. The fourth-order valence-corrected chi connectivity index (χ4v) is 9.54. The van der Waals surface area contributed by atoms with Gasteiger partial charge in [-0.05, 0) is 12.8 Å². The number of imidazole rings is 1. The van der Waals surface area contributed by atoms with Crippen LogP contribution in [0.3, 0.4) is 0 Å². The first-order chi connectivity index (χ1) is 28.9. The van der Waals surface area contributed by atoms with Crippen LogP contribution >= 0.6 is 35.2 Å². The monoisotopic (exact) mass is 961 g/mol. The minimum atomic E-state index is -5.58. The number of allylic oxidation sites excluding steroid dienone is 1. The average Bonchev–Trinajstić information content (AvgIpc) is 3.74. The number of nitrogens with two attached hydrogens (primary N) is 1. The molecule has 0 aliphatic carbocycles. The smallest absolute Gasteiger partial charge is 0.386 e. The van der Waals surface area contributed by atoms with Crippen molar-refractivity contribution in [3.8, 4) is 0 Å². The molecule has 2 amide bonds. The molecule has 352 valence electrons. The first-order valence-electron chi connectivity index (χ1n) is 19.7. The first kappa shape index (κ1) is 53.6. The molecule has 2 aromatic rings. The van der Waals surface area contributed by atoms with Gasteiger partial charge in [0.2, 0.25) is 11.8 Å². The number of carbonyl (C=O) groups is 3. The van der Waals surface area contributed by atoms with Gasteiger partial charge in [-0.15, -0.1) is 0 Å². The Bertz CT molecular complexity index is 1970. The highest BCUT2D eigenvalue weighted by Gasteiger charge is 2.50. The molecule has 28 heteroatoms. The summed E-state index contributed by atoms with van der Waals surface area (Å²) in [7, 11) is -16.4. The fourth-order valence-electron chi connectivity index (χ4n) is 5.97. The van der Waals surface area contributed by atoms with E-state index in [1.165, 1.54) is 46.0 Å². The van der Waals surface area contributed by atoms with E-state index >= 15 is 0 Å². The zero-order valence-corrected chi connectivity index (χ0v) is 38.1. The molecule has 3 heterocycles. The van der Waals surface area contributed by atoms with Crippen molar-refractivity contribution in [1.82, 2.24) is 30.2 Å². The topological polar surface area (TPSA) is 364 Å². The Morgan fingerprint density at radius 1 is 0.984 bits per heavy atom. The van der Waals surface area contributed by atoms with Gasteiger partial charge in [0.1, 0.15) is 36.3 Å². The van der Waals surface area contributed by atoms with Crippen LogP contribution in [-0.4, -0.2) is 123 Å². The van der Waals surface area contributed by atoms with Crippen LogP contribution in [0.15, 0.2) is 24.8 Å². The lowest BCUT2D eigenvalue weighted by Gasteiger charge is -2.30. The molecule has 0 radical (unpaired) electrons. The molecule has 3 rings (SSSR count). The third-order valence-electron chi connectivity index (χ3n) is 9.29. The van der Waals surface area contributed by atoms with Gasteiger partial charge in [0.15, 0.2) is 22.8 Å². The van der Waals surface area contributed by atoms with Gasteiger partial charge in [-0.3, -0.25) is 32.5 Å². The van der Waals surface area contributed by atoms with Crippen molar-refractivity contribution in [3.63, 3.8) is 0 Å². The number of nitrogens with zero attached hydrogens (tertiary/aromatic N) is 4. The minimum Gasteiger partial charge on any atom is -0.386 e. The number of aliphatic hydroxyl groups excluding tert-OH is 2. The van der Waals surface area contributed by atoms with Gasteiger partial charge >= 0.3 is 23.5 Å². The number of rotatable bonds is 29. The van der Waals surface area contributed by atoms with Crippen molar-refractivity contribution >= 4 is 69.1 Å². The number of aromatic nitrogens is 4. The van der Waals surface area contributed by atoms with Crippen LogP contribution in [0.2, 0.25) is 0 Å². The molecule has 1 saturated heterocycles. The molecule has 10 N–H and O–H groups in total. The van der Waals surface area contributed by atoms with Crippen molar-refractivity contribution < 1.29 is 80.5 Å². The zero-order valence-electron chi connectivity index (χ0n) is 34.6. The highest BCUT2D eigenvalue weighted by Crippen LogP contribution is 2.61. The number of nitrogens with one attached hydrogen (secondary N) is 2.